The summed E-state index contributed by atoms with van der Waals surface area (Å²) in [6.07, 6.45) is 2.00. The highest BCUT2D eigenvalue weighted by molar-refractivity contribution is 5.93. The van der Waals surface area contributed by atoms with E-state index >= 15 is 0 Å². The molecule has 1 heterocycles. The van der Waals surface area contributed by atoms with Gasteiger partial charge in [-0.25, -0.2) is 4.68 Å². The predicted molar refractivity (Wildman–Crippen MR) is 86.4 cm³/mol. The molecule has 0 bridgehead atoms. The molecule has 0 fully saturated rings. The fraction of sp³-hybridized carbons (Fsp3) is 0.375. The number of hydrogen-bond donors (Lipinski definition) is 1. The number of benzene rings is 1. The van der Waals surface area contributed by atoms with E-state index in [2.05, 4.69) is 12.0 Å². The molecule has 2 aromatic rings. The van der Waals surface area contributed by atoms with Gasteiger partial charge in [-0.1, -0.05) is 25.5 Å². The lowest BCUT2D eigenvalue weighted by molar-refractivity contribution is 0.0787. The molecule has 0 spiro atoms. The molecule has 118 valence electrons. The van der Waals surface area contributed by atoms with Crippen molar-refractivity contribution >= 4 is 11.7 Å². The van der Waals surface area contributed by atoms with Gasteiger partial charge < -0.3 is 15.4 Å². The normalized spacial score (nSPS) is 10.5. The summed E-state index contributed by atoms with van der Waals surface area (Å²) in [6.45, 7) is 2.80. The summed E-state index contributed by atoms with van der Waals surface area (Å²) in [5, 5.41) is 4.34. The molecule has 2 N–H and O–H groups in total. The standard InChI is InChI=1S/C16H22N4O2/c1-4-5-10-19(2)16(21)12-11-15(17)20(18-12)13-8-6-7-9-14(13)22-3/h6-9,11H,4-5,10,17H2,1-3H3. The second kappa shape index (κ2) is 6.98. The molecule has 0 saturated carbocycles. The Bertz CT molecular complexity index is 651. The van der Waals surface area contributed by atoms with Gasteiger partial charge in [-0.15, -0.1) is 0 Å². The van der Waals surface area contributed by atoms with E-state index in [-0.39, 0.29) is 5.91 Å². The Morgan fingerprint density at radius 1 is 1.41 bits per heavy atom. The number of para-hydroxylation sites is 2. The fourth-order valence-electron chi connectivity index (χ4n) is 2.19. The zero-order valence-electron chi connectivity index (χ0n) is 13.2. The van der Waals surface area contributed by atoms with E-state index in [0.717, 1.165) is 12.8 Å². The molecule has 0 radical (unpaired) electrons. The minimum absolute atomic E-state index is 0.131. The van der Waals surface area contributed by atoms with Crippen LogP contribution in [0.4, 0.5) is 5.82 Å². The summed E-state index contributed by atoms with van der Waals surface area (Å²) in [5.41, 5.74) is 7.05. The average Bonchev–Trinajstić information content (AvgIpc) is 2.93. The van der Waals surface area contributed by atoms with Crippen molar-refractivity contribution in [1.82, 2.24) is 14.7 Å². The molecule has 1 amide bonds. The van der Waals surface area contributed by atoms with Crippen molar-refractivity contribution in [2.24, 2.45) is 0 Å². The highest BCUT2D eigenvalue weighted by atomic mass is 16.5. The molecule has 0 aliphatic carbocycles. The summed E-state index contributed by atoms with van der Waals surface area (Å²) in [5.74, 6) is 0.918. The number of rotatable bonds is 6. The molecule has 0 aliphatic rings. The van der Waals surface area contributed by atoms with E-state index in [1.807, 2.05) is 24.3 Å². The molecule has 0 unspecified atom stereocenters. The Kier molecular flexibility index (Phi) is 5.04. The van der Waals surface area contributed by atoms with Crippen LogP contribution in [-0.4, -0.2) is 41.3 Å². The lowest BCUT2D eigenvalue weighted by atomic mass is 10.3. The number of unbranched alkanes of at least 4 members (excludes halogenated alkanes) is 1. The first-order valence-corrected chi connectivity index (χ1v) is 7.32. The molecular weight excluding hydrogens is 280 g/mol. The second-order valence-electron chi connectivity index (χ2n) is 5.12. The van der Waals surface area contributed by atoms with Crippen LogP contribution in [0.25, 0.3) is 5.69 Å². The second-order valence-corrected chi connectivity index (χ2v) is 5.12. The van der Waals surface area contributed by atoms with Gasteiger partial charge in [0, 0.05) is 19.7 Å². The van der Waals surface area contributed by atoms with Gasteiger partial charge >= 0.3 is 0 Å². The van der Waals surface area contributed by atoms with Crippen LogP contribution in [0, 0.1) is 0 Å². The van der Waals surface area contributed by atoms with Gasteiger partial charge in [-0.3, -0.25) is 4.79 Å². The summed E-state index contributed by atoms with van der Waals surface area (Å²) in [6, 6.07) is 9.00. The molecule has 6 nitrogen and oxygen atoms in total. The first kappa shape index (κ1) is 15.9. The number of hydrogen-bond acceptors (Lipinski definition) is 4. The zero-order chi connectivity index (χ0) is 16.1. The van der Waals surface area contributed by atoms with Crippen molar-refractivity contribution in [3.05, 3.63) is 36.0 Å². The van der Waals surface area contributed by atoms with Gasteiger partial charge in [0.1, 0.15) is 17.3 Å². The van der Waals surface area contributed by atoms with E-state index < -0.39 is 0 Å². The highest BCUT2D eigenvalue weighted by Gasteiger charge is 2.18. The SMILES string of the molecule is CCCCN(C)C(=O)c1cc(N)n(-c2ccccc2OC)n1. The Morgan fingerprint density at radius 2 is 2.14 bits per heavy atom. The third-order valence-corrected chi connectivity index (χ3v) is 3.46. The number of aromatic nitrogens is 2. The van der Waals surface area contributed by atoms with Gasteiger partial charge in [0.2, 0.25) is 0 Å². The smallest absolute Gasteiger partial charge is 0.274 e. The van der Waals surface area contributed by atoms with Crippen molar-refractivity contribution in [2.75, 3.05) is 26.4 Å². The number of carbonyl (C=O) groups excluding carboxylic acids is 1. The number of nitrogen functional groups attached to an aromatic ring is 1. The molecule has 0 atom stereocenters. The number of ether oxygens (including phenoxy) is 1. The number of carbonyl (C=O) groups is 1. The third-order valence-electron chi connectivity index (χ3n) is 3.46. The summed E-state index contributed by atoms with van der Waals surface area (Å²) < 4.78 is 6.84. The Hall–Kier alpha value is -2.50. The van der Waals surface area contributed by atoms with E-state index in [0.29, 0.717) is 29.5 Å². The summed E-state index contributed by atoms with van der Waals surface area (Å²) in [7, 11) is 3.36. The minimum atomic E-state index is -0.131. The maximum Gasteiger partial charge on any atom is 0.274 e. The first-order valence-electron chi connectivity index (χ1n) is 7.32. The lowest BCUT2D eigenvalue weighted by Crippen LogP contribution is -2.28. The van der Waals surface area contributed by atoms with Crippen LogP contribution < -0.4 is 10.5 Å². The largest absolute Gasteiger partial charge is 0.494 e. The maximum absolute atomic E-state index is 12.4. The van der Waals surface area contributed by atoms with Gasteiger partial charge in [-0.05, 0) is 18.6 Å². The first-order chi connectivity index (χ1) is 10.6. The number of amides is 1. The van der Waals surface area contributed by atoms with E-state index in [1.54, 1.807) is 25.1 Å². The van der Waals surface area contributed by atoms with Crippen LogP contribution >= 0.6 is 0 Å². The molecule has 22 heavy (non-hydrogen) atoms. The van der Waals surface area contributed by atoms with E-state index in [4.69, 9.17) is 10.5 Å². The van der Waals surface area contributed by atoms with Crippen molar-refractivity contribution in [1.29, 1.82) is 0 Å². The fourth-order valence-corrected chi connectivity index (χ4v) is 2.19. The van der Waals surface area contributed by atoms with Crippen LogP contribution in [0.1, 0.15) is 30.3 Å². The average molecular weight is 302 g/mol. The Balaban J connectivity index is 2.30. The zero-order valence-corrected chi connectivity index (χ0v) is 13.2. The summed E-state index contributed by atoms with van der Waals surface area (Å²) in [4.78, 5) is 14.0. The van der Waals surface area contributed by atoms with E-state index in [1.165, 1.54) is 4.68 Å². The quantitative estimate of drug-likeness (QED) is 0.889. The lowest BCUT2D eigenvalue weighted by Gasteiger charge is -2.14. The number of anilines is 1. The molecule has 6 heteroatoms. The van der Waals surface area contributed by atoms with Crippen LogP contribution in [0.15, 0.2) is 30.3 Å². The Morgan fingerprint density at radius 3 is 2.82 bits per heavy atom. The van der Waals surface area contributed by atoms with Crippen molar-refractivity contribution in [2.45, 2.75) is 19.8 Å². The van der Waals surface area contributed by atoms with Crippen molar-refractivity contribution < 1.29 is 9.53 Å². The van der Waals surface area contributed by atoms with Crippen LogP contribution in [0.5, 0.6) is 5.75 Å². The molecule has 1 aromatic heterocycles. The minimum Gasteiger partial charge on any atom is -0.494 e. The van der Waals surface area contributed by atoms with Gasteiger partial charge in [0.25, 0.3) is 5.91 Å². The van der Waals surface area contributed by atoms with Gasteiger partial charge in [0.15, 0.2) is 5.69 Å². The van der Waals surface area contributed by atoms with Gasteiger partial charge in [-0.2, -0.15) is 5.10 Å². The monoisotopic (exact) mass is 302 g/mol. The molecule has 1 aromatic carbocycles. The number of nitrogens with two attached hydrogens (primary N) is 1. The summed E-state index contributed by atoms with van der Waals surface area (Å²) >= 11 is 0. The highest BCUT2D eigenvalue weighted by Crippen LogP contribution is 2.24. The molecule has 2 rings (SSSR count). The Labute approximate surface area is 130 Å². The van der Waals surface area contributed by atoms with Gasteiger partial charge in [0.05, 0.1) is 7.11 Å². The van der Waals surface area contributed by atoms with Crippen LogP contribution in [0.2, 0.25) is 0 Å². The molecular formula is C16H22N4O2. The molecule has 0 aliphatic heterocycles. The maximum atomic E-state index is 12.4. The number of nitrogens with zero attached hydrogens (tertiary/aromatic N) is 3. The topological polar surface area (TPSA) is 73.4 Å². The van der Waals surface area contributed by atoms with Crippen LogP contribution in [-0.2, 0) is 0 Å². The van der Waals surface area contributed by atoms with Crippen molar-refractivity contribution in [3.63, 3.8) is 0 Å². The van der Waals surface area contributed by atoms with Crippen molar-refractivity contribution in [3.8, 4) is 11.4 Å². The third kappa shape index (κ3) is 3.21. The number of methoxy groups -OCH3 is 1. The van der Waals surface area contributed by atoms with Crippen LogP contribution in [0.3, 0.4) is 0 Å². The molecule has 0 saturated heterocycles. The predicted octanol–water partition coefficient (Wildman–Crippen LogP) is 2.34. The van der Waals surface area contributed by atoms with E-state index in [9.17, 15) is 4.79 Å².